The van der Waals surface area contributed by atoms with Crippen molar-refractivity contribution in [3.63, 3.8) is 0 Å². The zero-order valence-corrected chi connectivity index (χ0v) is 16.1. The number of halogens is 3. The van der Waals surface area contributed by atoms with E-state index in [1.807, 2.05) is 11.5 Å². The largest absolute Gasteiger partial charge is 0.390 e. The predicted molar refractivity (Wildman–Crippen MR) is 96.2 cm³/mol. The van der Waals surface area contributed by atoms with Crippen molar-refractivity contribution in [2.75, 3.05) is 36.8 Å². The van der Waals surface area contributed by atoms with Crippen LogP contribution in [0, 0.1) is 11.8 Å². The van der Waals surface area contributed by atoms with Gasteiger partial charge >= 0.3 is 6.18 Å². The highest BCUT2D eigenvalue weighted by molar-refractivity contribution is 7.89. The number of hydrogen-bond donors (Lipinski definition) is 0. The van der Waals surface area contributed by atoms with Gasteiger partial charge in [-0.05, 0) is 18.8 Å². The smallest absolute Gasteiger partial charge is 0.354 e. The summed E-state index contributed by atoms with van der Waals surface area (Å²) in [4.78, 5) is 15.1. The molecule has 0 N–H and O–H groups in total. The van der Waals surface area contributed by atoms with Crippen LogP contribution in [0.4, 0.5) is 19.0 Å². The molecule has 0 radical (unpaired) electrons. The number of imidazole rings is 1. The lowest BCUT2D eigenvalue weighted by molar-refractivity contribution is -0.130. The molecule has 0 aliphatic carbocycles. The van der Waals surface area contributed by atoms with Gasteiger partial charge in [0.15, 0.2) is 17.0 Å². The summed E-state index contributed by atoms with van der Waals surface area (Å²) in [5.41, 5.74) is 1.46. The molecular weight excluding hydrogens is 397 g/mol. The predicted octanol–water partition coefficient (Wildman–Crippen LogP) is 1.50. The fraction of sp³-hybridized carbons (Fsp3) is 0.688. The molecule has 4 heterocycles. The van der Waals surface area contributed by atoms with Gasteiger partial charge in [0.05, 0.1) is 18.5 Å². The molecule has 2 fully saturated rings. The molecule has 2 saturated heterocycles. The summed E-state index contributed by atoms with van der Waals surface area (Å²) < 4.78 is 64.8. The van der Waals surface area contributed by atoms with Crippen molar-refractivity contribution in [1.82, 2.24) is 23.8 Å². The first kappa shape index (κ1) is 19.4. The maximum atomic E-state index is 12.4. The average molecular weight is 418 g/mol. The number of hydrogen-bond acceptors (Lipinski definition) is 6. The first-order valence-electron chi connectivity index (χ1n) is 9.13. The third-order valence-electron chi connectivity index (χ3n) is 5.51. The Labute approximate surface area is 160 Å². The second-order valence-corrected chi connectivity index (χ2v) is 9.41. The number of alkyl halides is 3. The molecule has 2 aliphatic heterocycles. The van der Waals surface area contributed by atoms with E-state index >= 15 is 0 Å². The third-order valence-corrected chi connectivity index (χ3v) is 7.32. The molecule has 0 bridgehead atoms. The van der Waals surface area contributed by atoms with Crippen LogP contribution < -0.4 is 4.90 Å². The molecule has 2 aromatic heterocycles. The molecule has 8 nitrogen and oxygen atoms in total. The van der Waals surface area contributed by atoms with Crippen LogP contribution in [0.15, 0.2) is 12.7 Å². The van der Waals surface area contributed by atoms with Crippen molar-refractivity contribution in [1.29, 1.82) is 0 Å². The van der Waals surface area contributed by atoms with E-state index in [9.17, 15) is 21.6 Å². The first-order valence-corrected chi connectivity index (χ1v) is 10.7. The highest BCUT2D eigenvalue weighted by atomic mass is 32.2. The summed E-state index contributed by atoms with van der Waals surface area (Å²) >= 11 is 0. The summed E-state index contributed by atoms with van der Waals surface area (Å²) in [6.07, 6.45) is -2.58. The van der Waals surface area contributed by atoms with E-state index in [1.165, 1.54) is 10.6 Å². The van der Waals surface area contributed by atoms with Gasteiger partial charge in [-0.1, -0.05) is 0 Å². The van der Waals surface area contributed by atoms with Crippen LogP contribution in [-0.2, 0) is 16.6 Å². The van der Waals surface area contributed by atoms with Crippen LogP contribution in [0.1, 0.15) is 13.3 Å². The van der Waals surface area contributed by atoms with Crippen molar-refractivity contribution >= 4 is 27.0 Å². The van der Waals surface area contributed by atoms with E-state index in [4.69, 9.17) is 0 Å². The molecule has 2 unspecified atom stereocenters. The van der Waals surface area contributed by atoms with Gasteiger partial charge in [-0.3, -0.25) is 0 Å². The van der Waals surface area contributed by atoms with E-state index in [0.29, 0.717) is 18.6 Å². The lowest BCUT2D eigenvalue weighted by Gasteiger charge is -2.22. The standard InChI is InChI=1S/C16H21F3N6O2S/c1-2-23-10-22-13-14(23)20-9-21-15(13)24-5-11-7-25(8-12(11)6-24)28(26,27)4-3-16(17,18)19/h9-12H,2-8H2,1H3. The highest BCUT2D eigenvalue weighted by Crippen LogP contribution is 2.36. The maximum Gasteiger partial charge on any atom is 0.390 e. The Hall–Kier alpha value is -1.95. The molecule has 154 valence electrons. The van der Waals surface area contributed by atoms with Gasteiger partial charge < -0.3 is 9.47 Å². The van der Waals surface area contributed by atoms with Crippen LogP contribution >= 0.6 is 0 Å². The summed E-state index contributed by atoms with van der Waals surface area (Å²) in [5.74, 6) is -0.0309. The van der Waals surface area contributed by atoms with Crippen LogP contribution in [0.25, 0.3) is 11.2 Å². The normalized spacial score (nSPS) is 23.6. The van der Waals surface area contributed by atoms with Crippen molar-refractivity contribution in [3.05, 3.63) is 12.7 Å². The van der Waals surface area contributed by atoms with Crippen LogP contribution in [-0.4, -0.2) is 70.4 Å². The first-order chi connectivity index (χ1) is 13.2. The van der Waals surface area contributed by atoms with E-state index in [2.05, 4.69) is 19.9 Å². The second-order valence-electron chi connectivity index (χ2n) is 7.32. The summed E-state index contributed by atoms with van der Waals surface area (Å²) in [6, 6.07) is 0. The SMILES string of the molecule is CCn1cnc2c(N3CC4CN(S(=O)(=O)CCC(F)(F)F)CC4C3)ncnc21. The molecule has 2 aliphatic rings. The number of sulfonamides is 1. The Bertz CT molecular complexity index is 962. The molecule has 2 atom stereocenters. The second kappa shape index (κ2) is 6.83. The number of aryl methyl sites for hydroxylation is 1. The lowest BCUT2D eigenvalue weighted by atomic mass is 10.0. The zero-order valence-electron chi connectivity index (χ0n) is 15.3. The number of nitrogens with zero attached hydrogens (tertiary/aromatic N) is 6. The van der Waals surface area contributed by atoms with Crippen molar-refractivity contribution in [3.8, 4) is 0 Å². The van der Waals surface area contributed by atoms with Gasteiger partial charge in [0.25, 0.3) is 0 Å². The molecule has 4 rings (SSSR count). The van der Waals surface area contributed by atoms with Gasteiger partial charge in [-0.25, -0.2) is 27.7 Å². The van der Waals surface area contributed by atoms with E-state index in [1.54, 1.807) is 6.33 Å². The number of rotatable bonds is 5. The van der Waals surface area contributed by atoms with Gasteiger partial charge in [0.2, 0.25) is 10.0 Å². The monoisotopic (exact) mass is 418 g/mol. The van der Waals surface area contributed by atoms with Gasteiger partial charge in [-0.2, -0.15) is 13.2 Å². The molecule has 12 heteroatoms. The van der Waals surface area contributed by atoms with E-state index in [-0.39, 0.29) is 24.9 Å². The molecular formula is C16H21F3N6O2S. The Morgan fingerprint density at radius 2 is 1.79 bits per heavy atom. The Morgan fingerprint density at radius 1 is 1.11 bits per heavy atom. The molecule has 2 aromatic rings. The molecule has 0 spiro atoms. The third kappa shape index (κ3) is 3.54. The topological polar surface area (TPSA) is 84.2 Å². The summed E-state index contributed by atoms with van der Waals surface area (Å²) in [7, 11) is -3.90. The van der Waals surface area contributed by atoms with E-state index < -0.39 is 28.4 Å². The minimum absolute atomic E-state index is 0.0685. The summed E-state index contributed by atoms with van der Waals surface area (Å²) in [5, 5.41) is 0. The Kier molecular flexibility index (Phi) is 4.73. The van der Waals surface area contributed by atoms with Crippen LogP contribution in [0.5, 0.6) is 0 Å². The van der Waals surface area contributed by atoms with Gasteiger partial charge in [0, 0.05) is 32.7 Å². The molecule has 28 heavy (non-hydrogen) atoms. The zero-order chi connectivity index (χ0) is 20.1. The Morgan fingerprint density at radius 3 is 2.39 bits per heavy atom. The quantitative estimate of drug-likeness (QED) is 0.732. The minimum Gasteiger partial charge on any atom is -0.354 e. The fourth-order valence-corrected chi connectivity index (χ4v) is 5.64. The number of fused-ring (bicyclic) bond motifs is 2. The van der Waals surface area contributed by atoms with Crippen molar-refractivity contribution < 1.29 is 21.6 Å². The minimum atomic E-state index is -4.47. The van der Waals surface area contributed by atoms with E-state index in [0.717, 1.165) is 18.0 Å². The Balaban J connectivity index is 1.46. The summed E-state index contributed by atoms with van der Waals surface area (Å²) in [6.45, 7) is 4.43. The molecule has 0 saturated carbocycles. The number of aromatic nitrogens is 4. The van der Waals surface area contributed by atoms with Crippen LogP contribution in [0.2, 0.25) is 0 Å². The fourth-order valence-electron chi connectivity index (χ4n) is 4.06. The van der Waals surface area contributed by atoms with Crippen LogP contribution in [0.3, 0.4) is 0 Å². The highest BCUT2D eigenvalue weighted by Gasteiger charge is 2.45. The average Bonchev–Trinajstić information content (AvgIpc) is 3.31. The molecule has 0 amide bonds. The lowest BCUT2D eigenvalue weighted by Crippen LogP contribution is -2.36. The van der Waals surface area contributed by atoms with Crippen molar-refractivity contribution in [2.24, 2.45) is 11.8 Å². The molecule has 0 aromatic carbocycles. The van der Waals surface area contributed by atoms with Gasteiger partial charge in [-0.15, -0.1) is 0 Å². The van der Waals surface area contributed by atoms with Crippen molar-refractivity contribution in [2.45, 2.75) is 26.1 Å². The number of anilines is 1. The van der Waals surface area contributed by atoms with Gasteiger partial charge in [0.1, 0.15) is 6.33 Å². The maximum absolute atomic E-state index is 12.4.